The van der Waals surface area contributed by atoms with Gasteiger partial charge in [0.2, 0.25) is 0 Å². The molecule has 0 radical (unpaired) electrons. The second-order valence-electron chi connectivity index (χ2n) is 5.90. The molecule has 1 aliphatic rings. The molecule has 2 aromatic rings. The first-order valence-electron chi connectivity index (χ1n) is 7.59. The number of anilines is 2. The van der Waals surface area contributed by atoms with Gasteiger partial charge >= 0.3 is 0 Å². The topological polar surface area (TPSA) is 55.0 Å². The van der Waals surface area contributed by atoms with E-state index in [9.17, 15) is 0 Å². The lowest BCUT2D eigenvalue weighted by Crippen LogP contribution is -2.32. The van der Waals surface area contributed by atoms with Crippen LogP contribution in [0.4, 0.5) is 11.5 Å². The molecular formula is C17H22N4. The van der Waals surface area contributed by atoms with E-state index in [4.69, 9.17) is 5.73 Å². The van der Waals surface area contributed by atoms with E-state index >= 15 is 0 Å². The molecule has 0 aliphatic heterocycles. The molecule has 0 atom stereocenters. The normalized spacial score (nSPS) is 13.5. The molecule has 4 heteroatoms. The first kappa shape index (κ1) is 13.9. The van der Waals surface area contributed by atoms with Crippen LogP contribution in [0.1, 0.15) is 37.1 Å². The Balaban J connectivity index is 1.96. The van der Waals surface area contributed by atoms with Crippen LogP contribution in [0.2, 0.25) is 0 Å². The number of fused-ring (bicyclic) bond motifs is 1. The van der Waals surface area contributed by atoms with Gasteiger partial charge in [-0.05, 0) is 44.7 Å². The monoisotopic (exact) mass is 282 g/mol. The van der Waals surface area contributed by atoms with E-state index in [2.05, 4.69) is 34.8 Å². The summed E-state index contributed by atoms with van der Waals surface area (Å²) < 4.78 is 0. The standard InChI is InChI=1S/C17H22N4/c1-12(2)21(10-13-6-3-4-8-15(13)18)17-14-7-5-9-16(14)19-11-20-17/h3-4,6,8,11-12H,5,7,9-10,18H2,1-2H3. The number of rotatable bonds is 4. The molecule has 0 saturated carbocycles. The van der Waals surface area contributed by atoms with Crippen LogP contribution in [0, 0.1) is 0 Å². The van der Waals surface area contributed by atoms with Crippen molar-refractivity contribution < 1.29 is 0 Å². The Morgan fingerprint density at radius 2 is 2.00 bits per heavy atom. The predicted molar refractivity (Wildman–Crippen MR) is 86.2 cm³/mol. The SMILES string of the molecule is CC(C)N(Cc1ccccc1N)c1ncnc2c1CCC2. The zero-order valence-corrected chi connectivity index (χ0v) is 12.7. The second-order valence-corrected chi connectivity index (χ2v) is 5.90. The summed E-state index contributed by atoms with van der Waals surface area (Å²) in [6, 6.07) is 8.42. The van der Waals surface area contributed by atoms with E-state index < -0.39 is 0 Å². The van der Waals surface area contributed by atoms with Crippen LogP contribution >= 0.6 is 0 Å². The Morgan fingerprint density at radius 3 is 2.76 bits per heavy atom. The highest BCUT2D eigenvalue weighted by Crippen LogP contribution is 2.30. The van der Waals surface area contributed by atoms with E-state index in [1.54, 1.807) is 6.33 Å². The molecule has 0 bridgehead atoms. The molecule has 0 spiro atoms. The molecule has 2 N–H and O–H groups in total. The smallest absolute Gasteiger partial charge is 0.135 e. The van der Waals surface area contributed by atoms with Crippen molar-refractivity contribution in [1.82, 2.24) is 9.97 Å². The highest BCUT2D eigenvalue weighted by Gasteiger charge is 2.23. The Labute approximate surface area is 126 Å². The minimum absolute atomic E-state index is 0.365. The number of aryl methyl sites for hydroxylation is 1. The fourth-order valence-electron chi connectivity index (χ4n) is 2.95. The zero-order valence-electron chi connectivity index (χ0n) is 12.7. The molecule has 1 aromatic carbocycles. The maximum absolute atomic E-state index is 6.10. The van der Waals surface area contributed by atoms with Crippen LogP contribution < -0.4 is 10.6 Å². The maximum atomic E-state index is 6.10. The highest BCUT2D eigenvalue weighted by atomic mass is 15.2. The third-order valence-electron chi connectivity index (χ3n) is 4.14. The maximum Gasteiger partial charge on any atom is 0.135 e. The van der Waals surface area contributed by atoms with Crippen molar-refractivity contribution in [2.45, 2.75) is 45.7 Å². The van der Waals surface area contributed by atoms with Gasteiger partial charge < -0.3 is 10.6 Å². The van der Waals surface area contributed by atoms with E-state index in [0.29, 0.717) is 6.04 Å². The Morgan fingerprint density at radius 1 is 1.19 bits per heavy atom. The quantitative estimate of drug-likeness (QED) is 0.876. The molecular weight excluding hydrogens is 260 g/mol. The fourth-order valence-corrected chi connectivity index (χ4v) is 2.95. The van der Waals surface area contributed by atoms with Crippen LogP contribution in [0.3, 0.4) is 0 Å². The summed E-state index contributed by atoms with van der Waals surface area (Å²) in [5.41, 5.74) is 10.6. The van der Waals surface area contributed by atoms with Crippen molar-refractivity contribution in [3.8, 4) is 0 Å². The molecule has 4 nitrogen and oxygen atoms in total. The molecule has 0 unspecified atom stereocenters. The van der Waals surface area contributed by atoms with Crippen LogP contribution in [-0.4, -0.2) is 16.0 Å². The van der Waals surface area contributed by atoms with Crippen LogP contribution in [0.25, 0.3) is 0 Å². The first-order chi connectivity index (χ1) is 10.2. The van der Waals surface area contributed by atoms with Gasteiger partial charge in [-0.15, -0.1) is 0 Å². The summed E-state index contributed by atoms with van der Waals surface area (Å²) in [5, 5.41) is 0. The van der Waals surface area contributed by atoms with Gasteiger partial charge in [0.05, 0.1) is 0 Å². The Hall–Kier alpha value is -2.10. The van der Waals surface area contributed by atoms with Crippen molar-refractivity contribution in [3.05, 3.63) is 47.4 Å². The minimum Gasteiger partial charge on any atom is -0.398 e. The van der Waals surface area contributed by atoms with Gasteiger partial charge in [-0.3, -0.25) is 0 Å². The lowest BCUT2D eigenvalue weighted by atomic mass is 10.1. The van der Waals surface area contributed by atoms with Gasteiger partial charge in [-0.1, -0.05) is 18.2 Å². The number of hydrogen-bond acceptors (Lipinski definition) is 4. The first-order valence-corrected chi connectivity index (χ1v) is 7.59. The van der Waals surface area contributed by atoms with Crippen molar-refractivity contribution in [2.24, 2.45) is 0 Å². The van der Waals surface area contributed by atoms with Gasteiger partial charge in [0.25, 0.3) is 0 Å². The number of para-hydroxylation sites is 1. The predicted octanol–water partition coefficient (Wildman–Crippen LogP) is 2.96. The average Bonchev–Trinajstić information content (AvgIpc) is 2.94. The van der Waals surface area contributed by atoms with Crippen molar-refractivity contribution in [2.75, 3.05) is 10.6 Å². The Bertz CT molecular complexity index is 636. The number of nitrogen functional groups attached to an aromatic ring is 1. The third-order valence-corrected chi connectivity index (χ3v) is 4.14. The van der Waals surface area contributed by atoms with Gasteiger partial charge in [-0.2, -0.15) is 0 Å². The van der Waals surface area contributed by atoms with Gasteiger partial charge in [0, 0.05) is 29.5 Å². The molecule has 1 heterocycles. The number of nitrogens with zero attached hydrogens (tertiary/aromatic N) is 3. The summed E-state index contributed by atoms with van der Waals surface area (Å²) in [6.07, 6.45) is 5.03. The van der Waals surface area contributed by atoms with Gasteiger partial charge in [-0.25, -0.2) is 9.97 Å². The molecule has 1 aromatic heterocycles. The summed E-state index contributed by atoms with van der Waals surface area (Å²) in [7, 11) is 0. The number of nitrogens with two attached hydrogens (primary N) is 1. The lowest BCUT2D eigenvalue weighted by molar-refractivity contribution is 0.667. The van der Waals surface area contributed by atoms with E-state index in [0.717, 1.165) is 36.5 Å². The van der Waals surface area contributed by atoms with Crippen molar-refractivity contribution >= 4 is 11.5 Å². The fraction of sp³-hybridized carbons (Fsp3) is 0.412. The number of hydrogen-bond donors (Lipinski definition) is 1. The molecule has 1 aliphatic carbocycles. The average molecular weight is 282 g/mol. The minimum atomic E-state index is 0.365. The van der Waals surface area contributed by atoms with E-state index in [-0.39, 0.29) is 0 Å². The van der Waals surface area contributed by atoms with E-state index in [1.807, 2.05) is 18.2 Å². The molecule has 0 saturated heterocycles. The van der Waals surface area contributed by atoms with E-state index in [1.165, 1.54) is 17.7 Å². The molecule has 0 amide bonds. The van der Waals surface area contributed by atoms with Crippen molar-refractivity contribution in [1.29, 1.82) is 0 Å². The zero-order chi connectivity index (χ0) is 14.8. The lowest BCUT2D eigenvalue weighted by Gasteiger charge is -2.30. The number of aromatic nitrogens is 2. The molecule has 21 heavy (non-hydrogen) atoms. The molecule has 3 rings (SSSR count). The molecule has 110 valence electrons. The van der Waals surface area contributed by atoms with Gasteiger partial charge in [0.1, 0.15) is 12.1 Å². The van der Waals surface area contributed by atoms with Gasteiger partial charge in [0.15, 0.2) is 0 Å². The van der Waals surface area contributed by atoms with Crippen LogP contribution in [0.15, 0.2) is 30.6 Å². The summed E-state index contributed by atoms with van der Waals surface area (Å²) >= 11 is 0. The summed E-state index contributed by atoms with van der Waals surface area (Å²) in [5.74, 6) is 1.08. The highest BCUT2D eigenvalue weighted by molar-refractivity contribution is 5.54. The summed E-state index contributed by atoms with van der Waals surface area (Å²) in [4.78, 5) is 11.3. The Kier molecular flexibility index (Phi) is 3.78. The second kappa shape index (κ2) is 5.72. The molecule has 0 fully saturated rings. The van der Waals surface area contributed by atoms with Crippen molar-refractivity contribution in [3.63, 3.8) is 0 Å². The summed E-state index contributed by atoms with van der Waals surface area (Å²) in [6.45, 7) is 5.18. The number of benzene rings is 1. The third kappa shape index (κ3) is 2.71. The van der Waals surface area contributed by atoms with Crippen LogP contribution in [0.5, 0.6) is 0 Å². The van der Waals surface area contributed by atoms with Crippen LogP contribution in [-0.2, 0) is 19.4 Å². The largest absolute Gasteiger partial charge is 0.398 e.